The van der Waals surface area contributed by atoms with E-state index in [-0.39, 0.29) is 12.5 Å². The lowest BCUT2D eigenvalue weighted by Gasteiger charge is -2.33. The van der Waals surface area contributed by atoms with Gasteiger partial charge in [0.25, 0.3) is 0 Å². The number of nitrogens with zero attached hydrogens (tertiary/aromatic N) is 4. The smallest absolute Gasteiger partial charge is 0.233 e. The van der Waals surface area contributed by atoms with Crippen molar-refractivity contribution in [2.45, 2.75) is 43.4 Å². The highest BCUT2D eigenvalue weighted by atomic mass is 32.2. The molecule has 1 saturated carbocycles. The monoisotopic (exact) mass is 284 g/mol. The van der Waals surface area contributed by atoms with E-state index in [0.29, 0.717) is 11.8 Å². The Bertz CT molecular complexity index is 456. The molecule has 0 atom stereocenters. The Morgan fingerprint density at radius 2 is 2.32 bits per heavy atom. The second kappa shape index (κ2) is 5.50. The minimum Gasteiger partial charge on any atom is -0.394 e. The number of carbonyl (C=O) groups excluding carboxylic acids is 1. The van der Waals surface area contributed by atoms with Gasteiger partial charge in [-0.25, -0.2) is 0 Å². The molecule has 6 nitrogen and oxygen atoms in total. The van der Waals surface area contributed by atoms with Crippen LogP contribution in [0.1, 0.15) is 32.7 Å². The largest absolute Gasteiger partial charge is 0.394 e. The van der Waals surface area contributed by atoms with Gasteiger partial charge >= 0.3 is 0 Å². The number of aliphatic hydroxyl groups is 1. The van der Waals surface area contributed by atoms with Crippen molar-refractivity contribution in [3.63, 3.8) is 0 Å². The van der Waals surface area contributed by atoms with Gasteiger partial charge in [0.1, 0.15) is 6.33 Å². The summed E-state index contributed by atoms with van der Waals surface area (Å²) < 4.78 is 2.04. The van der Waals surface area contributed by atoms with E-state index in [1.807, 2.05) is 18.4 Å². The first-order valence-corrected chi connectivity index (χ1v) is 7.34. The maximum atomic E-state index is 12.1. The first-order valence-electron chi connectivity index (χ1n) is 6.35. The summed E-state index contributed by atoms with van der Waals surface area (Å²) in [5.74, 6) is 0.292. The Hall–Kier alpha value is -1.08. The van der Waals surface area contributed by atoms with E-state index in [0.717, 1.165) is 18.0 Å². The number of carbonyl (C=O) groups is 1. The van der Waals surface area contributed by atoms with Gasteiger partial charge in [-0.3, -0.25) is 4.79 Å². The molecule has 0 aliphatic heterocycles. The lowest BCUT2D eigenvalue weighted by molar-refractivity contribution is -0.133. The standard InChI is InChI=1S/C12H20N4O2S/c1-12(2,7-17)15(3)10(18)6-19-11-14-13-8-16(11)9-4-5-9/h8-9,17H,4-7H2,1-3H3. The highest BCUT2D eigenvalue weighted by Crippen LogP contribution is 2.37. The van der Waals surface area contributed by atoms with Crippen molar-refractivity contribution < 1.29 is 9.90 Å². The summed E-state index contributed by atoms with van der Waals surface area (Å²) in [5, 5.41) is 18.0. The Balaban J connectivity index is 1.91. The molecule has 1 fully saturated rings. The van der Waals surface area contributed by atoms with E-state index in [2.05, 4.69) is 10.2 Å². The lowest BCUT2D eigenvalue weighted by Crippen LogP contribution is -2.48. The van der Waals surface area contributed by atoms with Crippen molar-refractivity contribution in [1.82, 2.24) is 19.7 Å². The molecule has 0 radical (unpaired) electrons. The predicted octanol–water partition coefficient (Wildman–Crippen LogP) is 0.934. The molecule has 1 heterocycles. The van der Waals surface area contributed by atoms with E-state index < -0.39 is 5.54 Å². The summed E-state index contributed by atoms with van der Waals surface area (Å²) >= 11 is 1.40. The van der Waals surface area contributed by atoms with Crippen LogP contribution in [-0.4, -0.2) is 55.6 Å². The topological polar surface area (TPSA) is 71.2 Å². The SMILES string of the molecule is CN(C(=O)CSc1nncn1C1CC1)C(C)(C)CO. The number of amides is 1. The summed E-state index contributed by atoms with van der Waals surface area (Å²) in [7, 11) is 1.71. The molecule has 0 spiro atoms. The predicted molar refractivity (Wildman–Crippen MR) is 73.0 cm³/mol. The van der Waals surface area contributed by atoms with Crippen molar-refractivity contribution >= 4 is 17.7 Å². The number of rotatable bonds is 6. The van der Waals surface area contributed by atoms with Crippen LogP contribution in [0.3, 0.4) is 0 Å². The van der Waals surface area contributed by atoms with Gasteiger partial charge in [-0.2, -0.15) is 0 Å². The van der Waals surface area contributed by atoms with Gasteiger partial charge in [-0.1, -0.05) is 11.8 Å². The Morgan fingerprint density at radius 1 is 1.63 bits per heavy atom. The second-order valence-corrected chi connectivity index (χ2v) is 6.41. The van der Waals surface area contributed by atoms with Crippen LogP contribution in [0.15, 0.2) is 11.5 Å². The van der Waals surface area contributed by atoms with Crippen LogP contribution in [0.25, 0.3) is 0 Å². The minimum atomic E-state index is -0.540. The van der Waals surface area contributed by atoms with Crippen molar-refractivity contribution in [2.24, 2.45) is 0 Å². The summed E-state index contributed by atoms with van der Waals surface area (Å²) in [4.78, 5) is 13.7. The molecule has 1 aliphatic rings. The highest BCUT2D eigenvalue weighted by Gasteiger charge is 2.29. The van der Waals surface area contributed by atoms with Gasteiger partial charge in [0.05, 0.1) is 17.9 Å². The fourth-order valence-corrected chi connectivity index (χ4v) is 2.50. The molecule has 0 bridgehead atoms. The van der Waals surface area contributed by atoms with Crippen LogP contribution in [-0.2, 0) is 4.79 Å². The van der Waals surface area contributed by atoms with Crippen LogP contribution in [0.2, 0.25) is 0 Å². The normalized spacial score (nSPS) is 15.6. The number of hydrogen-bond acceptors (Lipinski definition) is 5. The number of aliphatic hydroxyl groups excluding tert-OH is 1. The molecule has 1 amide bonds. The van der Waals surface area contributed by atoms with Gasteiger partial charge in [0, 0.05) is 13.1 Å². The summed E-state index contributed by atoms with van der Waals surface area (Å²) in [6.07, 6.45) is 4.06. The molecule has 0 saturated heterocycles. The molecule has 1 aromatic rings. The summed E-state index contributed by atoms with van der Waals surface area (Å²) in [5.41, 5.74) is -0.540. The average Bonchev–Trinajstić information content (AvgIpc) is 3.14. The van der Waals surface area contributed by atoms with E-state index in [9.17, 15) is 9.90 Å². The lowest BCUT2D eigenvalue weighted by atomic mass is 10.1. The third kappa shape index (κ3) is 3.27. The zero-order valence-corrected chi connectivity index (χ0v) is 12.4. The molecule has 0 aromatic carbocycles. The molecule has 7 heteroatoms. The van der Waals surface area contributed by atoms with Crippen molar-refractivity contribution in [1.29, 1.82) is 0 Å². The average molecular weight is 284 g/mol. The molecular weight excluding hydrogens is 264 g/mol. The fourth-order valence-electron chi connectivity index (χ4n) is 1.61. The van der Waals surface area contributed by atoms with E-state index in [1.54, 1.807) is 18.3 Å². The van der Waals surface area contributed by atoms with E-state index in [1.165, 1.54) is 11.8 Å². The third-order valence-electron chi connectivity index (χ3n) is 3.47. The number of hydrogen-bond donors (Lipinski definition) is 1. The maximum absolute atomic E-state index is 12.1. The Kier molecular flexibility index (Phi) is 4.15. The molecule has 106 valence electrons. The Morgan fingerprint density at radius 3 is 2.89 bits per heavy atom. The third-order valence-corrected chi connectivity index (χ3v) is 4.42. The van der Waals surface area contributed by atoms with Gasteiger partial charge in [0.15, 0.2) is 5.16 Å². The maximum Gasteiger partial charge on any atom is 0.233 e. The van der Waals surface area contributed by atoms with Gasteiger partial charge in [-0.05, 0) is 26.7 Å². The molecule has 2 rings (SSSR count). The Labute approximate surface area is 117 Å². The first-order chi connectivity index (χ1) is 8.95. The molecule has 1 N–H and O–H groups in total. The van der Waals surface area contributed by atoms with Crippen LogP contribution in [0, 0.1) is 0 Å². The highest BCUT2D eigenvalue weighted by molar-refractivity contribution is 7.99. The van der Waals surface area contributed by atoms with E-state index in [4.69, 9.17) is 0 Å². The van der Waals surface area contributed by atoms with Crippen LogP contribution >= 0.6 is 11.8 Å². The van der Waals surface area contributed by atoms with Gasteiger partial charge in [-0.15, -0.1) is 10.2 Å². The summed E-state index contributed by atoms with van der Waals surface area (Å²) in [6, 6.07) is 0.513. The minimum absolute atomic E-state index is 0.0191. The zero-order valence-electron chi connectivity index (χ0n) is 11.5. The van der Waals surface area contributed by atoms with Crippen molar-refractivity contribution in [3.05, 3.63) is 6.33 Å². The fraction of sp³-hybridized carbons (Fsp3) is 0.750. The van der Waals surface area contributed by atoms with E-state index >= 15 is 0 Å². The van der Waals surface area contributed by atoms with Crippen LogP contribution < -0.4 is 0 Å². The van der Waals surface area contributed by atoms with Crippen molar-refractivity contribution in [3.8, 4) is 0 Å². The molecule has 1 aromatic heterocycles. The number of likely N-dealkylation sites (N-methyl/N-ethyl adjacent to an activating group) is 1. The first kappa shape index (κ1) is 14.3. The molecule has 19 heavy (non-hydrogen) atoms. The number of thioether (sulfide) groups is 1. The molecular formula is C12H20N4O2S. The van der Waals surface area contributed by atoms with Crippen LogP contribution in [0.5, 0.6) is 0 Å². The van der Waals surface area contributed by atoms with Crippen molar-refractivity contribution in [2.75, 3.05) is 19.4 Å². The van der Waals surface area contributed by atoms with Crippen LogP contribution in [0.4, 0.5) is 0 Å². The zero-order chi connectivity index (χ0) is 14.0. The number of aromatic nitrogens is 3. The second-order valence-electron chi connectivity index (χ2n) is 5.46. The quantitative estimate of drug-likeness (QED) is 0.787. The van der Waals surface area contributed by atoms with Gasteiger partial charge < -0.3 is 14.6 Å². The van der Waals surface area contributed by atoms with Gasteiger partial charge in [0.2, 0.25) is 5.91 Å². The molecule has 0 unspecified atom stereocenters. The summed E-state index contributed by atoms with van der Waals surface area (Å²) in [6.45, 7) is 3.61. The molecule has 1 aliphatic carbocycles.